The van der Waals surface area contributed by atoms with E-state index in [9.17, 15) is 4.79 Å². The molecule has 4 nitrogen and oxygen atoms in total. The molecule has 1 aliphatic heterocycles. The summed E-state index contributed by atoms with van der Waals surface area (Å²) in [6.45, 7) is 4.21. The summed E-state index contributed by atoms with van der Waals surface area (Å²) >= 11 is 1.56. The van der Waals surface area contributed by atoms with Crippen molar-refractivity contribution < 1.29 is 9.53 Å². The maximum atomic E-state index is 12.1. The predicted molar refractivity (Wildman–Crippen MR) is 80.5 cm³/mol. The maximum absolute atomic E-state index is 12.1. The lowest BCUT2D eigenvalue weighted by Crippen LogP contribution is -2.53. The van der Waals surface area contributed by atoms with E-state index in [0.717, 1.165) is 30.5 Å². The first-order chi connectivity index (χ1) is 8.67. The molecule has 1 unspecified atom stereocenters. The van der Waals surface area contributed by atoms with Crippen molar-refractivity contribution in [1.82, 2.24) is 10.6 Å². The SMILES string of the molecule is COCC1(CNC(=O)c2cscc2C)CCCN1.Cl. The summed E-state index contributed by atoms with van der Waals surface area (Å²) in [7, 11) is 1.70. The number of hydrogen-bond donors (Lipinski definition) is 2. The van der Waals surface area contributed by atoms with Crippen molar-refractivity contribution in [2.45, 2.75) is 25.3 Å². The second-order valence-corrected chi connectivity index (χ2v) is 5.64. The Morgan fingerprint density at radius 1 is 1.58 bits per heavy atom. The van der Waals surface area contributed by atoms with Gasteiger partial charge in [-0.2, -0.15) is 11.3 Å². The molecule has 0 aromatic carbocycles. The molecule has 1 amide bonds. The van der Waals surface area contributed by atoms with Crippen LogP contribution in [0.2, 0.25) is 0 Å². The zero-order valence-corrected chi connectivity index (χ0v) is 13.0. The number of halogens is 1. The highest BCUT2D eigenvalue weighted by molar-refractivity contribution is 7.08. The molecule has 2 rings (SSSR count). The Kier molecular flexibility index (Phi) is 6.26. The van der Waals surface area contributed by atoms with E-state index in [1.165, 1.54) is 0 Å². The lowest BCUT2D eigenvalue weighted by atomic mass is 9.98. The average molecular weight is 305 g/mol. The molecule has 108 valence electrons. The van der Waals surface area contributed by atoms with Gasteiger partial charge in [-0.1, -0.05) is 0 Å². The molecule has 1 aromatic rings. The second-order valence-electron chi connectivity index (χ2n) is 4.89. The van der Waals surface area contributed by atoms with Crippen molar-refractivity contribution in [1.29, 1.82) is 0 Å². The number of carbonyl (C=O) groups is 1. The summed E-state index contributed by atoms with van der Waals surface area (Å²) in [4.78, 5) is 12.1. The molecule has 6 heteroatoms. The number of aryl methyl sites for hydroxylation is 1. The number of methoxy groups -OCH3 is 1. The largest absolute Gasteiger partial charge is 0.383 e. The van der Waals surface area contributed by atoms with Crippen LogP contribution in [0, 0.1) is 6.92 Å². The van der Waals surface area contributed by atoms with Crippen LogP contribution in [0.25, 0.3) is 0 Å². The Labute approximate surface area is 124 Å². The van der Waals surface area contributed by atoms with Gasteiger partial charge in [-0.25, -0.2) is 0 Å². The Morgan fingerprint density at radius 2 is 2.37 bits per heavy atom. The molecule has 1 saturated heterocycles. The van der Waals surface area contributed by atoms with Gasteiger partial charge in [-0.3, -0.25) is 4.79 Å². The molecule has 0 aliphatic carbocycles. The van der Waals surface area contributed by atoms with Gasteiger partial charge >= 0.3 is 0 Å². The Balaban J connectivity index is 0.00000180. The minimum absolute atomic E-state index is 0. The quantitative estimate of drug-likeness (QED) is 0.874. The third-order valence-corrected chi connectivity index (χ3v) is 4.30. The van der Waals surface area contributed by atoms with Crippen molar-refractivity contribution in [3.63, 3.8) is 0 Å². The van der Waals surface area contributed by atoms with Crippen LogP contribution in [0.3, 0.4) is 0 Å². The summed E-state index contributed by atoms with van der Waals surface area (Å²) < 4.78 is 5.26. The summed E-state index contributed by atoms with van der Waals surface area (Å²) in [5.41, 5.74) is 1.73. The van der Waals surface area contributed by atoms with Crippen molar-refractivity contribution >= 4 is 29.7 Å². The van der Waals surface area contributed by atoms with E-state index >= 15 is 0 Å². The van der Waals surface area contributed by atoms with E-state index in [4.69, 9.17) is 4.74 Å². The molecule has 1 fully saturated rings. The predicted octanol–water partition coefficient (Wildman–Crippen LogP) is 1.98. The van der Waals surface area contributed by atoms with Crippen LogP contribution < -0.4 is 10.6 Å². The van der Waals surface area contributed by atoms with Gasteiger partial charge in [0.05, 0.1) is 17.7 Å². The molecule has 19 heavy (non-hydrogen) atoms. The lowest BCUT2D eigenvalue weighted by molar-refractivity contribution is 0.0892. The van der Waals surface area contributed by atoms with Crippen LogP contribution in [0.4, 0.5) is 0 Å². The highest BCUT2D eigenvalue weighted by Gasteiger charge is 2.33. The van der Waals surface area contributed by atoms with Gasteiger partial charge in [0, 0.05) is 19.0 Å². The Hall–Kier alpha value is -0.620. The minimum Gasteiger partial charge on any atom is -0.383 e. The second kappa shape index (κ2) is 7.24. The van der Waals surface area contributed by atoms with E-state index in [-0.39, 0.29) is 23.9 Å². The Bertz CT molecular complexity index is 417. The lowest BCUT2D eigenvalue weighted by Gasteiger charge is -2.28. The van der Waals surface area contributed by atoms with Crippen LogP contribution in [0.1, 0.15) is 28.8 Å². The van der Waals surface area contributed by atoms with Crippen LogP contribution in [-0.2, 0) is 4.74 Å². The third-order valence-electron chi connectivity index (χ3n) is 3.44. The van der Waals surface area contributed by atoms with E-state index in [0.29, 0.717) is 13.2 Å². The molecule has 2 N–H and O–H groups in total. The molecule has 1 atom stereocenters. The van der Waals surface area contributed by atoms with Gasteiger partial charge in [0.1, 0.15) is 0 Å². The summed E-state index contributed by atoms with van der Waals surface area (Å²) in [5.74, 6) is 0.0120. The minimum atomic E-state index is -0.0890. The number of rotatable bonds is 5. The van der Waals surface area contributed by atoms with E-state index in [2.05, 4.69) is 10.6 Å². The van der Waals surface area contributed by atoms with Crippen LogP contribution in [0.5, 0.6) is 0 Å². The Morgan fingerprint density at radius 3 is 2.89 bits per heavy atom. The number of nitrogens with one attached hydrogen (secondary N) is 2. The fourth-order valence-corrected chi connectivity index (χ4v) is 3.24. The summed E-state index contributed by atoms with van der Waals surface area (Å²) in [6.07, 6.45) is 2.18. The standard InChI is InChI=1S/C13H20N2O2S.ClH/c1-10-6-18-7-11(10)12(16)14-8-13(9-17-2)4-3-5-15-13;/h6-7,15H,3-5,8-9H2,1-2H3,(H,14,16);1H. The fourth-order valence-electron chi connectivity index (χ4n) is 2.41. The molecule has 2 heterocycles. The monoisotopic (exact) mass is 304 g/mol. The first kappa shape index (κ1) is 16.4. The molecule has 0 radical (unpaired) electrons. The van der Waals surface area contributed by atoms with Gasteiger partial charge in [-0.15, -0.1) is 12.4 Å². The third kappa shape index (κ3) is 3.92. The van der Waals surface area contributed by atoms with Crippen molar-refractivity contribution in [2.75, 3.05) is 26.8 Å². The molecule has 0 saturated carbocycles. The highest BCUT2D eigenvalue weighted by Crippen LogP contribution is 2.19. The number of thiophene rings is 1. The maximum Gasteiger partial charge on any atom is 0.252 e. The van der Waals surface area contributed by atoms with Crippen molar-refractivity contribution in [3.05, 3.63) is 21.9 Å². The van der Waals surface area contributed by atoms with Crippen LogP contribution in [0.15, 0.2) is 10.8 Å². The van der Waals surface area contributed by atoms with Gasteiger partial charge in [0.15, 0.2) is 0 Å². The summed E-state index contributed by atoms with van der Waals surface area (Å²) in [6, 6.07) is 0. The van der Waals surface area contributed by atoms with Gasteiger partial charge < -0.3 is 15.4 Å². The zero-order valence-electron chi connectivity index (χ0n) is 11.3. The number of hydrogen-bond acceptors (Lipinski definition) is 4. The highest BCUT2D eigenvalue weighted by atomic mass is 35.5. The smallest absolute Gasteiger partial charge is 0.252 e. The molecular formula is C13H21ClN2O2S. The normalized spacial score (nSPS) is 22.0. The summed E-state index contributed by atoms with van der Waals surface area (Å²) in [5, 5.41) is 10.4. The van der Waals surface area contributed by atoms with Crippen molar-refractivity contribution in [2.24, 2.45) is 0 Å². The van der Waals surface area contributed by atoms with Gasteiger partial charge in [0.25, 0.3) is 5.91 Å². The average Bonchev–Trinajstić information content (AvgIpc) is 2.97. The van der Waals surface area contributed by atoms with Crippen LogP contribution in [-0.4, -0.2) is 38.3 Å². The topological polar surface area (TPSA) is 50.4 Å². The van der Waals surface area contributed by atoms with E-state index < -0.39 is 0 Å². The van der Waals surface area contributed by atoms with Gasteiger partial charge in [-0.05, 0) is 37.3 Å². The fraction of sp³-hybridized carbons (Fsp3) is 0.615. The van der Waals surface area contributed by atoms with Crippen molar-refractivity contribution in [3.8, 4) is 0 Å². The first-order valence-electron chi connectivity index (χ1n) is 6.22. The van der Waals surface area contributed by atoms with E-state index in [1.807, 2.05) is 17.7 Å². The van der Waals surface area contributed by atoms with Gasteiger partial charge in [0.2, 0.25) is 0 Å². The molecular weight excluding hydrogens is 284 g/mol. The first-order valence-corrected chi connectivity index (χ1v) is 7.16. The molecule has 1 aromatic heterocycles. The molecule has 1 aliphatic rings. The number of carbonyl (C=O) groups excluding carboxylic acids is 1. The zero-order chi connectivity index (χ0) is 13.0. The molecule has 0 bridgehead atoms. The van der Waals surface area contributed by atoms with E-state index in [1.54, 1.807) is 18.4 Å². The molecule has 0 spiro atoms. The van der Waals surface area contributed by atoms with Crippen LogP contribution >= 0.6 is 23.7 Å². The number of ether oxygens (including phenoxy) is 1. The number of amides is 1.